The zero-order chi connectivity index (χ0) is 53.5. The molecule has 0 aromatic heterocycles. The van der Waals surface area contributed by atoms with Crippen LogP contribution in [0.2, 0.25) is 0 Å². The van der Waals surface area contributed by atoms with Gasteiger partial charge in [-0.2, -0.15) is 26.3 Å². The minimum Gasteiger partial charge on any atom is -0.480 e. The Morgan fingerprint density at radius 2 is 1.11 bits per heavy atom. The number of hydrogen-bond donors (Lipinski definition) is 4. The highest BCUT2D eigenvalue weighted by molar-refractivity contribution is 5.77. The molecule has 73 heavy (non-hydrogen) atoms. The molecule has 0 saturated heterocycles. The summed E-state index contributed by atoms with van der Waals surface area (Å²) < 4.78 is 116. The highest BCUT2D eigenvalue weighted by Gasteiger charge is 2.40. The smallest absolute Gasteiger partial charge is 0.423 e. The van der Waals surface area contributed by atoms with Crippen LogP contribution in [-0.2, 0) is 57.3 Å². The number of hydrogen-bond acceptors (Lipinski definition) is 11. The van der Waals surface area contributed by atoms with Gasteiger partial charge in [-0.3, -0.25) is 25.0 Å². The van der Waals surface area contributed by atoms with Crippen LogP contribution in [-0.4, -0.2) is 82.3 Å². The highest BCUT2D eigenvalue weighted by Crippen LogP contribution is 2.40. The first kappa shape index (κ1) is 57.4. The summed E-state index contributed by atoms with van der Waals surface area (Å²) in [4.78, 5) is 44.3. The second kappa shape index (κ2) is 26.5. The van der Waals surface area contributed by atoms with Gasteiger partial charge >= 0.3 is 18.3 Å². The van der Waals surface area contributed by atoms with Crippen LogP contribution in [0.4, 0.5) is 57.9 Å². The summed E-state index contributed by atoms with van der Waals surface area (Å²) in [5.74, 6) is -1.59. The van der Waals surface area contributed by atoms with Crippen molar-refractivity contribution in [2.45, 2.75) is 128 Å². The average Bonchev–Trinajstić information content (AvgIpc) is 3.36. The number of carbonyl (C=O) groups excluding carboxylic acids is 1. The Kier molecular flexibility index (Phi) is 20.8. The van der Waals surface area contributed by atoms with Crippen molar-refractivity contribution in [1.82, 2.24) is 10.2 Å². The molecule has 4 aromatic rings. The van der Waals surface area contributed by atoms with E-state index in [1.54, 1.807) is 17.0 Å². The summed E-state index contributed by atoms with van der Waals surface area (Å²) in [5.41, 5.74) is 0.0307. The van der Waals surface area contributed by atoms with Gasteiger partial charge in [-0.25, -0.2) is 13.6 Å². The van der Waals surface area contributed by atoms with Crippen LogP contribution in [0.5, 0.6) is 0 Å². The zero-order valence-corrected chi connectivity index (χ0v) is 40.1. The Morgan fingerprint density at radius 1 is 0.658 bits per heavy atom. The van der Waals surface area contributed by atoms with Crippen molar-refractivity contribution in [3.05, 3.63) is 138 Å². The first-order valence-electron chi connectivity index (χ1n) is 23.8. The number of carboxylic acids is 1. The molecule has 2 fully saturated rings. The van der Waals surface area contributed by atoms with Gasteiger partial charge in [-0.05, 0) is 142 Å². The van der Waals surface area contributed by atoms with E-state index in [1.165, 1.54) is 35.9 Å². The number of nitrogens with zero attached hydrogens (tertiary/aromatic N) is 3. The number of nitro groups is 2. The maximum absolute atomic E-state index is 13.4. The monoisotopic (exact) mass is 1040 g/mol. The van der Waals surface area contributed by atoms with Gasteiger partial charge < -0.3 is 35.4 Å². The Hall–Kier alpha value is -6.46. The van der Waals surface area contributed by atoms with Crippen LogP contribution in [0.15, 0.2) is 72.8 Å². The van der Waals surface area contributed by atoms with Crippen LogP contribution in [0, 0.1) is 31.9 Å². The molecular formula is C50H58F8N6O9. The fourth-order valence-electron chi connectivity index (χ4n) is 8.89. The fraction of sp³-hybridized carbons (Fsp3) is 0.480. The topological polar surface area (TPSA) is 198 Å². The molecule has 4 aliphatic rings. The van der Waals surface area contributed by atoms with Gasteiger partial charge in [0.05, 0.1) is 22.1 Å². The number of halogens is 8. The van der Waals surface area contributed by atoms with Crippen molar-refractivity contribution in [3.8, 4) is 0 Å². The minimum absolute atomic E-state index is 0.0589. The molecule has 2 heterocycles. The van der Waals surface area contributed by atoms with Gasteiger partial charge in [0, 0.05) is 55.2 Å². The molecule has 2 saturated carbocycles. The molecule has 4 aromatic carbocycles. The summed E-state index contributed by atoms with van der Waals surface area (Å²) >= 11 is 0. The third-order valence-corrected chi connectivity index (χ3v) is 12.6. The molecule has 2 aliphatic heterocycles. The van der Waals surface area contributed by atoms with Gasteiger partial charge in [0.2, 0.25) is 5.91 Å². The van der Waals surface area contributed by atoms with E-state index in [2.05, 4.69) is 16.0 Å². The fourth-order valence-corrected chi connectivity index (χ4v) is 8.89. The van der Waals surface area contributed by atoms with Crippen molar-refractivity contribution in [1.29, 1.82) is 0 Å². The van der Waals surface area contributed by atoms with Crippen LogP contribution >= 0.6 is 0 Å². The van der Waals surface area contributed by atoms with E-state index < -0.39 is 50.7 Å². The summed E-state index contributed by atoms with van der Waals surface area (Å²) in [5, 5.41) is 39.4. The van der Waals surface area contributed by atoms with Gasteiger partial charge in [-0.15, -0.1) is 0 Å². The lowest BCUT2D eigenvalue weighted by molar-refractivity contribution is -0.388. The number of carbonyl (C=O) groups is 2. The van der Waals surface area contributed by atoms with Crippen molar-refractivity contribution >= 4 is 34.6 Å². The van der Waals surface area contributed by atoms with Crippen LogP contribution in [0.3, 0.4) is 0 Å². The molecule has 4 N–H and O–H groups in total. The maximum atomic E-state index is 13.4. The molecule has 0 unspecified atom stereocenters. The molecule has 1 amide bonds. The number of aliphatic carboxylic acids is 1. The maximum Gasteiger partial charge on any atom is 0.423 e. The molecule has 15 nitrogen and oxygen atoms in total. The second-order valence-corrected chi connectivity index (χ2v) is 17.5. The average molecular weight is 1040 g/mol. The van der Waals surface area contributed by atoms with E-state index in [1.807, 2.05) is 19.9 Å². The number of rotatable bonds is 12. The molecule has 8 rings (SSSR count). The molecule has 398 valence electrons. The van der Waals surface area contributed by atoms with E-state index in [4.69, 9.17) is 14.6 Å². The molecular weight excluding hydrogens is 981 g/mol. The van der Waals surface area contributed by atoms with Gasteiger partial charge in [0.15, 0.2) is 0 Å². The van der Waals surface area contributed by atoms with E-state index >= 15 is 0 Å². The second-order valence-electron chi connectivity index (χ2n) is 17.5. The van der Waals surface area contributed by atoms with Gasteiger partial charge in [0.25, 0.3) is 11.4 Å². The zero-order valence-electron chi connectivity index (χ0n) is 40.1. The van der Waals surface area contributed by atoms with Crippen LogP contribution < -0.4 is 16.0 Å². The number of fused-ring (bicyclic) bond motifs is 2. The third-order valence-electron chi connectivity index (χ3n) is 12.6. The first-order valence-corrected chi connectivity index (χ1v) is 23.8. The molecule has 0 spiro atoms. The predicted octanol–water partition coefficient (Wildman–Crippen LogP) is 11.0. The lowest BCUT2D eigenvalue weighted by Gasteiger charge is -2.32. The van der Waals surface area contributed by atoms with Gasteiger partial charge in [-0.1, -0.05) is 26.0 Å². The Bertz CT molecular complexity index is 2520. The quantitative estimate of drug-likeness (QED) is 0.0596. The number of benzene rings is 4. The summed E-state index contributed by atoms with van der Waals surface area (Å²) in [6, 6.07) is 15.1. The van der Waals surface area contributed by atoms with Crippen molar-refractivity contribution < 1.29 is 69.1 Å². The lowest BCUT2D eigenvalue weighted by atomic mass is 9.92. The van der Waals surface area contributed by atoms with Crippen LogP contribution in [0.1, 0.15) is 98.6 Å². The number of anilines is 2. The van der Waals surface area contributed by atoms with Crippen molar-refractivity contribution in [3.63, 3.8) is 0 Å². The SMILES string of the molecule is CC.Fc1ccc2c(c1)CCNC2.O=C(COC1CCC(Nc2ccc([N+](=O)[O-])c(C(F)(F)F)c2)CC1)N1CCc2cc(F)ccc2C1.O=C(O)COC1CCC(Nc2ccc([N+](=O)[O-])c(C(F)(F)F)c2)CC1. The minimum atomic E-state index is -4.83. The lowest BCUT2D eigenvalue weighted by Crippen LogP contribution is -2.39. The van der Waals surface area contributed by atoms with Gasteiger partial charge in [0.1, 0.15) is 36.0 Å². The van der Waals surface area contributed by atoms with Crippen LogP contribution in [0.25, 0.3) is 0 Å². The third kappa shape index (κ3) is 17.3. The van der Waals surface area contributed by atoms with E-state index in [9.17, 15) is 64.9 Å². The number of nitrogens with one attached hydrogen (secondary N) is 3. The molecule has 0 bridgehead atoms. The van der Waals surface area contributed by atoms with Crippen molar-refractivity contribution in [2.24, 2.45) is 0 Å². The number of ether oxygens (including phenoxy) is 2. The predicted molar refractivity (Wildman–Crippen MR) is 254 cm³/mol. The Balaban J connectivity index is 0.000000224. The number of alkyl halides is 6. The highest BCUT2D eigenvalue weighted by atomic mass is 19.4. The Morgan fingerprint density at radius 3 is 1.56 bits per heavy atom. The molecule has 2 aliphatic carbocycles. The standard InChI is InChI=1S/C24H25F4N3O4.C15H17F3N2O5.C9H10FN.C2H6/c25-17-2-1-16-13-30(10-9-15(16)11-17)23(32)14-35-20-6-3-18(4-7-20)29-19-5-8-22(31(33)34)21(12-19)24(26,27)28;16-15(17,18)12-7-10(3-6-13(12)20(23)24)19-9-1-4-11(5-2-9)25-8-14(21)22;10-9-2-1-8-6-11-4-3-7(8)5-9;1-2/h1-2,5,8,11-12,18,20,29H,3-4,6-7,9-10,13-14H2;3,6-7,9,11,19H,1-2,4-5,8H2,(H,21,22);1-2,5,11H,3-4,6H2;1-2H3. The molecule has 0 atom stereocenters. The number of nitro benzene ring substituents is 2. The molecule has 23 heteroatoms. The normalized spacial score (nSPS) is 19.4. The summed E-state index contributed by atoms with van der Waals surface area (Å²) in [6.07, 6.45) is -3.53. The van der Waals surface area contributed by atoms with E-state index in [0.29, 0.717) is 70.9 Å². The largest absolute Gasteiger partial charge is 0.480 e. The summed E-state index contributed by atoms with van der Waals surface area (Å²) in [6.45, 7) is 6.34. The Labute approximate surface area is 415 Å². The number of amides is 1. The van der Waals surface area contributed by atoms with Crippen molar-refractivity contribution in [2.75, 3.05) is 36.9 Å². The summed E-state index contributed by atoms with van der Waals surface area (Å²) in [7, 11) is 0. The molecule has 0 radical (unpaired) electrons. The van der Waals surface area contributed by atoms with E-state index in [-0.39, 0.29) is 66.4 Å². The van der Waals surface area contributed by atoms with E-state index in [0.717, 1.165) is 60.5 Å². The first-order chi connectivity index (χ1) is 34.6. The number of carboxylic acid groups (broad SMARTS) is 1.